The summed E-state index contributed by atoms with van der Waals surface area (Å²) in [5, 5.41) is 5.39. The SMILES string of the molecule is CNC(Cc1cncs1)c1sccc1OC. The van der Waals surface area contributed by atoms with E-state index in [1.165, 1.54) is 9.75 Å². The van der Waals surface area contributed by atoms with E-state index in [1.54, 1.807) is 29.8 Å². The maximum Gasteiger partial charge on any atom is 0.134 e. The minimum absolute atomic E-state index is 0.301. The number of hydrogen-bond donors (Lipinski definition) is 1. The van der Waals surface area contributed by atoms with E-state index in [0.717, 1.165) is 12.2 Å². The van der Waals surface area contributed by atoms with Crippen LogP contribution in [0.5, 0.6) is 5.75 Å². The maximum atomic E-state index is 5.35. The molecular weight excluding hydrogens is 240 g/mol. The lowest BCUT2D eigenvalue weighted by Gasteiger charge is -2.14. The lowest BCUT2D eigenvalue weighted by Crippen LogP contribution is -2.17. The van der Waals surface area contributed by atoms with Crippen molar-refractivity contribution in [3.05, 3.63) is 32.9 Å². The van der Waals surface area contributed by atoms with Gasteiger partial charge in [-0.25, -0.2) is 0 Å². The number of rotatable bonds is 5. The Morgan fingerprint density at radius 3 is 3.00 bits per heavy atom. The number of nitrogens with zero attached hydrogens (tertiary/aromatic N) is 1. The first-order chi connectivity index (χ1) is 7.85. The van der Waals surface area contributed by atoms with Crippen molar-refractivity contribution in [3.63, 3.8) is 0 Å². The zero-order valence-electron chi connectivity index (χ0n) is 9.27. The van der Waals surface area contributed by atoms with Crippen LogP contribution in [0.25, 0.3) is 0 Å². The minimum Gasteiger partial charge on any atom is -0.496 e. The molecule has 1 unspecified atom stereocenters. The fourth-order valence-corrected chi connectivity index (χ4v) is 3.21. The Bertz CT molecular complexity index is 425. The molecule has 0 aliphatic carbocycles. The summed E-state index contributed by atoms with van der Waals surface area (Å²) in [5.74, 6) is 0.967. The van der Waals surface area contributed by atoms with Crippen molar-refractivity contribution in [3.8, 4) is 5.75 Å². The molecule has 0 spiro atoms. The van der Waals surface area contributed by atoms with Crippen LogP contribution < -0.4 is 10.1 Å². The second-order valence-corrected chi connectivity index (χ2v) is 5.28. The average Bonchev–Trinajstić information content (AvgIpc) is 2.96. The van der Waals surface area contributed by atoms with Crippen molar-refractivity contribution in [2.75, 3.05) is 14.2 Å². The molecule has 0 bridgehead atoms. The third-order valence-corrected chi connectivity index (χ3v) is 4.24. The van der Waals surface area contributed by atoms with Crippen molar-refractivity contribution in [2.45, 2.75) is 12.5 Å². The van der Waals surface area contributed by atoms with Crippen LogP contribution >= 0.6 is 22.7 Å². The molecule has 0 fully saturated rings. The molecule has 5 heteroatoms. The highest BCUT2D eigenvalue weighted by Gasteiger charge is 2.16. The Hall–Kier alpha value is -0.910. The number of hydrogen-bond acceptors (Lipinski definition) is 5. The van der Waals surface area contributed by atoms with Crippen LogP contribution in [0.1, 0.15) is 15.8 Å². The molecule has 0 aliphatic heterocycles. The predicted molar refractivity (Wildman–Crippen MR) is 68.5 cm³/mol. The zero-order chi connectivity index (χ0) is 11.4. The van der Waals surface area contributed by atoms with Crippen molar-refractivity contribution in [2.24, 2.45) is 0 Å². The van der Waals surface area contributed by atoms with Crippen LogP contribution in [0, 0.1) is 0 Å². The first-order valence-electron chi connectivity index (χ1n) is 5.01. The number of aromatic nitrogens is 1. The lowest BCUT2D eigenvalue weighted by atomic mass is 10.1. The number of thiazole rings is 1. The largest absolute Gasteiger partial charge is 0.496 e. The molecule has 3 nitrogen and oxygen atoms in total. The summed E-state index contributed by atoms with van der Waals surface area (Å²) in [6.07, 6.45) is 2.88. The fourth-order valence-electron chi connectivity index (χ4n) is 1.60. The van der Waals surface area contributed by atoms with Crippen LogP contribution in [-0.2, 0) is 6.42 Å². The summed E-state index contributed by atoms with van der Waals surface area (Å²) in [4.78, 5) is 6.63. The smallest absolute Gasteiger partial charge is 0.134 e. The van der Waals surface area contributed by atoms with Gasteiger partial charge in [-0.1, -0.05) is 0 Å². The van der Waals surface area contributed by atoms with Crippen molar-refractivity contribution in [1.29, 1.82) is 0 Å². The Morgan fingerprint density at radius 1 is 1.50 bits per heavy atom. The van der Waals surface area contributed by atoms with Crippen molar-refractivity contribution >= 4 is 22.7 Å². The van der Waals surface area contributed by atoms with Gasteiger partial charge in [0.1, 0.15) is 5.75 Å². The van der Waals surface area contributed by atoms with Gasteiger partial charge in [0.15, 0.2) is 0 Å². The van der Waals surface area contributed by atoms with E-state index in [1.807, 2.05) is 24.8 Å². The number of nitrogens with one attached hydrogen (secondary N) is 1. The normalized spacial score (nSPS) is 12.6. The van der Waals surface area contributed by atoms with Gasteiger partial charge >= 0.3 is 0 Å². The molecule has 1 N–H and O–H groups in total. The van der Waals surface area contributed by atoms with E-state index >= 15 is 0 Å². The Morgan fingerprint density at radius 2 is 2.38 bits per heavy atom. The van der Waals surface area contributed by atoms with E-state index in [2.05, 4.69) is 15.7 Å². The second-order valence-electron chi connectivity index (χ2n) is 3.37. The quantitative estimate of drug-likeness (QED) is 0.891. The highest BCUT2D eigenvalue weighted by molar-refractivity contribution is 7.10. The Labute approximate surface area is 103 Å². The van der Waals surface area contributed by atoms with E-state index < -0.39 is 0 Å². The first-order valence-corrected chi connectivity index (χ1v) is 6.77. The second kappa shape index (κ2) is 5.43. The monoisotopic (exact) mass is 254 g/mol. The van der Waals surface area contributed by atoms with Crippen LogP contribution in [-0.4, -0.2) is 19.1 Å². The van der Waals surface area contributed by atoms with Crippen LogP contribution in [0.4, 0.5) is 0 Å². The Kier molecular flexibility index (Phi) is 3.93. The lowest BCUT2D eigenvalue weighted by molar-refractivity contribution is 0.405. The Balaban J connectivity index is 2.16. The number of thiophene rings is 1. The molecule has 2 heterocycles. The molecule has 0 aliphatic rings. The van der Waals surface area contributed by atoms with Crippen molar-refractivity contribution in [1.82, 2.24) is 10.3 Å². The highest BCUT2D eigenvalue weighted by atomic mass is 32.1. The summed E-state index contributed by atoms with van der Waals surface area (Å²) >= 11 is 3.42. The van der Waals surface area contributed by atoms with Crippen LogP contribution in [0.3, 0.4) is 0 Å². The van der Waals surface area contributed by atoms with Gasteiger partial charge in [0.05, 0.1) is 17.5 Å². The molecule has 0 radical (unpaired) electrons. The number of methoxy groups -OCH3 is 1. The summed E-state index contributed by atoms with van der Waals surface area (Å²) in [7, 11) is 3.69. The van der Waals surface area contributed by atoms with E-state index in [-0.39, 0.29) is 0 Å². The van der Waals surface area contributed by atoms with E-state index in [0.29, 0.717) is 6.04 Å². The third kappa shape index (κ3) is 2.42. The van der Waals surface area contributed by atoms with E-state index in [4.69, 9.17) is 4.74 Å². The average molecular weight is 254 g/mol. The highest BCUT2D eigenvalue weighted by Crippen LogP contribution is 2.32. The van der Waals surface area contributed by atoms with Gasteiger partial charge in [0, 0.05) is 23.5 Å². The van der Waals surface area contributed by atoms with Gasteiger partial charge in [0.25, 0.3) is 0 Å². The molecule has 0 amide bonds. The van der Waals surface area contributed by atoms with Crippen LogP contribution in [0.15, 0.2) is 23.2 Å². The van der Waals surface area contributed by atoms with Gasteiger partial charge in [-0.05, 0) is 18.5 Å². The summed E-state index contributed by atoms with van der Waals surface area (Å²) in [5.41, 5.74) is 1.87. The van der Waals surface area contributed by atoms with Gasteiger partial charge in [-0.3, -0.25) is 4.98 Å². The molecule has 16 heavy (non-hydrogen) atoms. The summed E-state index contributed by atoms with van der Waals surface area (Å²) in [6.45, 7) is 0. The number of likely N-dealkylation sites (N-methyl/N-ethyl adjacent to an activating group) is 1. The van der Waals surface area contributed by atoms with E-state index in [9.17, 15) is 0 Å². The van der Waals surface area contributed by atoms with Crippen LogP contribution in [0.2, 0.25) is 0 Å². The number of ether oxygens (including phenoxy) is 1. The molecular formula is C11H14N2OS2. The molecule has 1 atom stereocenters. The maximum absolute atomic E-state index is 5.35. The molecule has 2 aromatic rings. The molecule has 0 saturated carbocycles. The minimum atomic E-state index is 0.301. The molecule has 2 aromatic heterocycles. The van der Waals surface area contributed by atoms with Gasteiger partial charge < -0.3 is 10.1 Å². The predicted octanol–water partition coefficient (Wildman–Crippen LogP) is 2.72. The molecule has 0 saturated heterocycles. The third-order valence-electron chi connectivity index (χ3n) is 2.43. The van der Waals surface area contributed by atoms with Gasteiger partial charge in [0.2, 0.25) is 0 Å². The first kappa shape index (κ1) is 11.6. The molecule has 2 rings (SSSR count). The van der Waals surface area contributed by atoms with Gasteiger partial charge in [-0.2, -0.15) is 0 Å². The zero-order valence-corrected chi connectivity index (χ0v) is 10.9. The topological polar surface area (TPSA) is 34.2 Å². The molecule has 0 aromatic carbocycles. The summed E-state index contributed by atoms with van der Waals surface area (Å²) < 4.78 is 5.35. The van der Waals surface area contributed by atoms with Gasteiger partial charge in [-0.15, -0.1) is 22.7 Å². The molecule has 86 valence electrons. The summed E-state index contributed by atoms with van der Waals surface area (Å²) in [6, 6.07) is 2.31. The van der Waals surface area contributed by atoms with Crippen molar-refractivity contribution < 1.29 is 4.74 Å². The fraction of sp³-hybridized carbons (Fsp3) is 0.364. The standard InChI is InChI=1S/C11H14N2OS2/c1-12-9(5-8-6-13-7-16-8)11-10(14-2)3-4-15-11/h3-4,6-7,9,12H,5H2,1-2H3.